The first-order chi connectivity index (χ1) is 15.0. The van der Waals surface area contributed by atoms with Crippen LogP contribution in [0.1, 0.15) is 11.5 Å². The van der Waals surface area contributed by atoms with E-state index in [0.29, 0.717) is 13.1 Å². The van der Waals surface area contributed by atoms with E-state index >= 15 is 0 Å². The molecule has 8 heteroatoms. The van der Waals surface area contributed by atoms with Gasteiger partial charge in [0.15, 0.2) is 5.03 Å². The molecule has 4 aromatic rings. The summed E-state index contributed by atoms with van der Waals surface area (Å²) < 4.78 is 29.6. The van der Waals surface area contributed by atoms with Gasteiger partial charge in [-0.2, -0.15) is 4.31 Å². The molecule has 5 rings (SSSR count). The SMILES string of the molecule is Cn1cnc(S(=O)(=O)N2CC(Nc3ccc4ncccc4c3)C(c3ccccc3)C2)c1. The summed E-state index contributed by atoms with van der Waals surface area (Å²) in [6, 6.07) is 20.0. The van der Waals surface area contributed by atoms with Crippen molar-refractivity contribution >= 4 is 26.6 Å². The van der Waals surface area contributed by atoms with E-state index in [4.69, 9.17) is 0 Å². The maximum atomic E-state index is 13.2. The highest BCUT2D eigenvalue weighted by Gasteiger charge is 2.40. The number of aromatic nitrogens is 3. The number of fused-ring (bicyclic) bond motifs is 1. The smallest absolute Gasteiger partial charge is 0.262 e. The van der Waals surface area contributed by atoms with Gasteiger partial charge in [0, 0.05) is 55.6 Å². The highest BCUT2D eigenvalue weighted by atomic mass is 32.2. The van der Waals surface area contributed by atoms with E-state index in [1.807, 2.05) is 42.5 Å². The molecule has 2 aromatic heterocycles. The fourth-order valence-corrected chi connectivity index (χ4v) is 5.64. The van der Waals surface area contributed by atoms with Gasteiger partial charge in [0.2, 0.25) is 0 Å². The second-order valence-corrected chi connectivity index (χ2v) is 9.76. The van der Waals surface area contributed by atoms with Gasteiger partial charge in [0.05, 0.1) is 11.8 Å². The largest absolute Gasteiger partial charge is 0.380 e. The molecule has 7 nitrogen and oxygen atoms in total. The molecule has 158 valence electrons. The molecule has 2 atom stereocenters. The fraction of sp³-hybridized carbons (Fsp3) is 0.217. The predicted molar refractivity (Wildman–Crippen MR) is 120 cm³/mol. The average Bonchev–Trinajstić information content (AvgIpc) is 3.42. The number of anilines is 1. The summed E-state index contributed by atoms with van der Waals surface area (Å²) in [5.41, 5.74) is 2.99. The van der Waals surface area contributed by atoms with E-state index in [-0.39, 0.29) is 17.0 Å². The van der Waals surface area contributed by atoms with Crippen molar-refractivity contribution in [2.45, 2.75) is 17.0 Å². The van der Waals surface area contributed by atoms with Gasteiger partial charge in [-0.15, -0.1) is 0 Å². The maximum Gasteiger partial charge on any atom is 0.262 e. The average molecular weight is 434 g/mol. The van der Waals surface area contributed by atoms with E-state index in [1.165, 1.54) is 10.6 Å². The van der Waals surface area contributed by atoms with Crippen LogP contribution in [0.15, 0.2) is 84.4 Å². The molecule has 1 N–H and O–H groups in total. The molecule has 0 radical (unpaired) electrons. The van der Waals surface area contributed by atoms with Crippen LogP contribution in [0.3, 0.4) is 0 Å². The Kier molecular flexibility index (Phi) is 4.95. The number of sulfonamides is 1. The first-order valence-corrected chi connectivity index (χ1v) is 11.6. The summed E-state index contributed by atoms with van der Waals surface area (Å²) in [5.74, 6) is 0.0179. The summed E-state index contributed by atoms with van der Waals surface area (Å²) in [4.78, 5) is 8.45. The van der Waals surface area contributed by atoms with Gasteiger partial charge in [-0.1, -0.05) is 36.4 Å². The van der Waals surface area contributed by atoms with Crippen molar-refractivity contribution in [1.29, 1.82) is 0 Å². The molecule has 2 unspecified atom stereocenters. The minimum Gasteiger partial charge on any atom is -0.380 e. The van der Waals surface area contributed by atoms with Crippen LogP contribution in [0.5, 0.6) is 0 Å². The summed E-state index contributed by atoms with van der Waals surface area (Å²) in [6.07, 6.45) is 4.83. The molecule has 0 aliphatic carbocycles. The van der Waals surface area contributed by atoms with Crippen LogP contribution in [0.25, 0.3) is 10.9 Å². The lowest BCUT2D eigenvalue weighted by Gasteiger charge is -2.21. The van der Waals surface area contributed by atoms with Crippen molar-refractivity contribution in [3.05, 3.63) is 84.9 Å². The number of benzene rings is 2. The number of nitrogens with zero attached hydrogens (tertiary/aromatic N) is 4. The highest BCUT2D eigenvalue weighted by molar-refractivity contribution is 7.89. The Morgan fingerprint density at radius 1 is 1.00 bits per heavy atom. The van der Waals surface area contributed by atoms with Crippen molar-refractivity contribution in [3.8, 4) is 0 Å². The molecule has 1 aliphatic rings. The molecule has 1 saturated heterocycles. The van der Waals surface area contributed by atoms with E-state index < -0.39 is 10.0 Å². The third kappa shape index (κ3) is 3.80. The zero-order valence-corrected chi connectivity index (χ0v) is 17.9. The molecular weight excluding hydrogens is 410 g/mol. The van der Waals surface area contributed by atoms with Crippen LogP contribution in [-0.2, 0) is 17.1 Å². The minimum atomic E-state index is -3.67. The fourth-order valence-electron chi connectivity index (χ4n) is 4.18. The van der Waals surface area contributed by atoms with Crippen LogP contribution in [-0.4, -0.2) is 46.4 Å². The Hall–Kier alpha value is -3.23. The van der Waals surface area contributed by atoms with Gasteiger partial charge < -0.3 is 9.88 Å². The standard InChI is InChI=1S/C23H23N5O2S/c1-27-15-23(25-16-27)31(29,30)28-13-20(17-6-3-2-4-7-17)22(14-28)26-19-9-10-21-18(12-19)8-5-11-24-21/h2-12,15-16,20,22,26H,13-14H2,1H3. The lowest BCUT2D eigenvalue weighted by Crippen LogP contribution is -2.32. The number of aryl methyl sites for hydroxylation is 1. The second kappa shape index (κ2) is 7.79. The van der Waals surface area contributed by atoms with Gasteiger partial charge in [0.1, 0.15) is 0 Å². The predicted octanol–water partition coefficient (Wildman–Crippen LogP) is 3.24. The number of hydrogen-bond acceptors (Lipinski definition) is 5. The van der Waals surface area contributed by atoms with Crippen molar-refractivity contribution in [1.82, 2.24) is 18.8 Å². The van der Waals surface area contributed by atoms with Crippen LogP contribution < -0.4 is 5.32 Å². The normalized spacial score (nSPS) is 19.6. The molecular formula is C23H23N5O2S. The number of rotatable bonds is 5. The first-order valence-electron chi connectivity index (χ1n) is 10.1. The Bertz CT molecular complexity index is 1320. The summed E-state index contributed by atoms with van der Waals surface area (Å²) in [7, 11) is -1.90. The molecule has 2 aromatic carbocycles. The van der Waals surface area contributed by atoms with Gasteiger partial charge in [-0.25, -0.2) is 13.4 Å². The zero-order valence-electron chi connectivity index (χ0n) is 17.1. The van der Waals surface area contributed by atoms with Gasteiger partial charge in [0.25, 0.3) is 10.0 Å². The topological polar surface area (TPSA) is 80.1 Å². The zero-order chi connectivity index (χ0) is 21.4. The highest BCUT2D eigenvalue weighted by Crippen LogP contribution is 2.33. The quantitative estimate of drug-likeness (QED) is 0.523. The third-order valence-electron chi connectivity index (χ3n) is 5.75. The number of pyridine rings is 1. The lowest BCUT2D eigenvalue weighted by atomic mass is 9.94. The summed E-state index contributed by atoms with van der Waals surface area (Å²) in [6.45, 7) is 0.763. The monoisotopic (exact) mass is 433 g/mol. The Labute approximate surface area is 181 Å². The van der Waals surface area contributed by atoms with Gasteiger partial charge in [-0.3, -0.25) is 4.98 Å². The lowest BCUT2D eigenvalue weighted by molar-refractivity contribution is 0.468. The molecule has 3 heterocycles. The van der Waals surface area contributed by atoms with Crippen molar-refractivity contribution in [3.63, 3.8) is 0 Å². The van der Waals surface area contributed by atoms with Crippen molar-refractivity contribution in [2.24, 2.45) is 7.05 Å². The number of nitrogens with one attached hydrogen (secondary N) is 1. The molecule has 0 bridgehead atoms. The van der Waals surface area contributed by atoms with E-state index in [2.05, 4.69) is 33.5 Å². The minimum absolute atomic E-state index is 0.0179. The molecule has 31 heavy (non-hydrogen) atoms. The summed E-state index contributed by atoms with van der Waals surface area (Å²) in [5, 5.41) is 4.70. The maximum absolute atomic E-state index is 13.2. The van der Waals surface area contributed by atoms with Crippen LogP contribution in [0.2, 0.25) is 0 Å². The first kappa shape index (κ1) is 19.7. The Morgan fingerprint density at radius 3 is 2.61 bits per heavy atom. The molecule has 1 aliphatic heterocycles. The van der Waals surface area contributed by atoms with Crippen molar-refractivity contribution < 1.29 is 8.42 Å². The Balaban J connectivity index is 1.47. The van der Waals surface area contributed by atoms with E-state index in [1.54, 1.807) is 24.0 Å². The van der Waals surface area contributed by atoms with Crippen LogP contribution in [0, 0.1) is 0 Å². The molecule has 1 fully saturated rings. The summed E-state index contributed by atoms with van der Waals surface area (Å²) >= 11 is 0. The number of hydrogen-bond donors (Lipinski definition) is 1. The molecule has 0 saturated carbocycles. The molecule has 0 amide bonds. The van der Waals surface area contributed by atoms with E-state index in [0.717, 1.165) is 22.2 Å². The van der Waals surface area contributed by atoms with Crippen LogP contribution in [0.4, 0.5) is 5.69 Å². The van der Waals surface area contributed by atoms with Gasteiger partial charge in [-0.05, 0) is 29.8 Å². The van der Waals surface area contributed by atoms with Crippen LogP contribution >= 0.6 is 0 Å². The second-order valence-electron chi connectivity index (χ2n) is 7.88. The van der Waals surface area contributed by atoms with Gasteiger partial charge >= 0.3 is 0 Å². The molecule has 0 spiro atoms. The third-order valence-corrected chi connectivity index (χ3v) is 7.47. The number of imidazole rings is 1. The van der Waals surface area contributed by atoms with E-state index in [9.17, 15) is 8.42 Å². The van der Waals surface area contributed by atoms with Crippen molar-refractivity contribution in [2.75, 3.05) is 18.4 Å². The Morgan fingerprint density at radius 2 is 1.84 bits per heavy atom.